The molecule has 138 valence electrons. The first-order valence-corrected chi connectivity index (χ1v) is 9.67. The lowest BCUT2D eigenvalue weighted by Crippen LogP contribution is -2.35. The summed E-state index contributed by atoms with van der Waals surface area (Å²) in [5.74, 6) is -0.353. The maximum Gasteiger partial charge on any atom is 0.174 e. The van der Waals surface area contributed by atoms with Crippen LogP contribution in [0.2, 0.25) is 5.02 Å². The van der Waals surface area contributed by atoms with Gasteiger partial charge in [0, 0.05) is 23.4 Å². The average Bonchev–Trinajstić information content (AvgIpc) is 2.93. The quantitative estimate of drug-likeness (QED) is 0.717. The third-order valence-corrected chi connectivity index (χ3v) is 5.83. The molecule has 2 atom stereocenters. The molecule has 5 nitrogen and oxygen atoms in total. The summed E-state index contributed by atoms with van der Waals surface area (Å²) in [4.78, 5) is 4.60. The predicted octanol–water partition coefficient (Wildman–Crippen LogP) is 4.30. The SMILES string of the molecule is C[C@H](N[S@@](=O)C(C)(C)C)c1cn2ncc(Cl)c2nc1-c1cccc(F)c1. The standard InChI is InChI=1S/C18H20ClFN4OS/c1-11(23-26(25)18(2,3)4)14-10-24-17(15(19)9-21-24)22-16(14)12-6-5-7-13(20)8-12/h5-11,23H,1-4H3/t11-,26-/m0/s1. The molecule has 8 heteroatoms. The number of fused-ring (bicyclic) bond motifs is 1. The molecule has 0 saturated heterocycles. The predicted molar refractivity (Wildman–Crippen MR) is 103 cm³/mol. The van der Waals surface area contributed by atoms with E-state index in [-0.39, 0.29) is 11.9 Å². The van der Waals surface area contributed by atoms with Crippen LogP contribution in [-0.4, -0.2) is 23.6 Å². The number of benzene rings is 1. The molecule has 0 aliphatic carbocycles. The molecule has 26 heavy (non-hydrogen) atoms. The summed E-state index contributed by atoms with van der Waals surface area (Å²) in [6, 6.07) is 5.91. The molecule has 0 aliphatic heterocycles. The molecule has 3 aromatic rings. The fraction of sp³-hybridized carbons (Fsp3) is 0.333. The first kappa shape index (κ1) is 18.9. The molecule has 1 N–H and O–H groups in total. The summed E-state index contributed by atoms with van der Waals surface area (Å²) in [6.07, 6.45) is 3.29. The van der Waals surface area contributed by atoms with E-state index < -0.39 is 15.7 Å². The summed E-state index contributed by atoms with van der Waals surface area (Å²) in [5.41, 5.74) is 2.43. The first-order chi connectivity index (χ1) is 12.2. The molecular weight excluding hydrogens is 375 g/mol. The van der Waals surface area contributed by atoms with Crippen molar-refractivity contribution in [1.29, 1.82) is 0 Å². The van der Waals surface area contributed by atoms with E-state index in [9.17, 15) is 8.60 Å². The maximum atomic E-state index is 13.7. The van der Waals surface area contributed by atoms with Crippen LogP contribution in [0.25, 0.3) is 16.9 Å². The number of hydrogen-bond acceptors (Lipinski definition) is 3. The second kappa shape index (κ2) is 7.06. The van der Waals surface area contributed by atoms with Crippen LogP contribution in [0.4, 0.5) is 4.39 Å². The third-order valence-electron chi connectivity index (χ3n) is 3.88. The molecule has 0 amide bonds. The topological polar surface area (TPSA) is 59.3 Å². The van der Waals surface area contributed by atoms with Gasteiger partial charge in [-0.2, -0.15) is 5.10 Å². The number of nitrogens with one attached hydrogen (secondary N) is 1. The Morgan fingerprint density at radius 1 is 1.35 bits per heavy atom. The number of aromatic nitrogens is 3. The van der Waals surface area contributed by atoms with E-state index in [2.05, 4.69) is 14.8 Å². The molecule has 0 radical (unpaired) electrons. The van der Waals surface area contributed by atoms with Crippen LogP contribution in [0.3, 0.4) is 0 Å². The van der Waals surface area contributed by atoms with Crippen LogP contribution in [0.1, 0.15) is 39.3 Å². The molecule has 1 aromatic carbocycles. The van der Waals surface area contributed by atoms with Crippen LogP contribution in [0, 0.1) is 5.82 Å². The number of nitrogens with zero attached hydrogens (tertiary/aromatic N) is 3. The molecule has 0 aliphatic rings. The molecule has 0 spiro atoms. The van der Waals surface area contributed by atoms with Gasteiger partial charge in [0.1, 0.15) is 10.8 Å². The average molecular weight is 395 g/mol. The van der Waals surface area contributed by atoms with Gasteiger partial charge in [-0.05, 0) is 39.8 Å². The zero-order valence-electron chi connectivity index (χ0n) is 15.0. The van der Waals surface area contributed by atoms with E-state index in [0.717, 1.165) is 5.56 Å². The minimum atomic E-state index is -1.27. The van der Waals surface area contributed by atoms with Gasteiger partial charge in [0.2, 0.25) is 0 Å². The van der Waals surface area contributed by atoms with Gasteiger partial charge < -0.3 is 0 Å². The van der Waals surface area contributed by atoms with E-state index in [4.69, 9.17) is 11.6 Å². The van der Waals surface area contributed by atoms with Crippen molar-refractivity contribution in [3.05, 3.63) is 53.1 Å². The molecular formula is C18H20ClFN4OS. The number of hydrogen-bond donors (Lipinski definition) is 1. The Bertz CT molecular complexity index is 983. The Kier molecular flexibility index (Phi) is 5.14. The van der Waals surface area contributed by atoms with Crippen LogP contribution in [0.5, 0.6) is 0 Å². The van der Waals surface area contributed by atoms with Crippen LogP contribution < -0.4 is 4.72 Å². The lowest BCUT2D eigenvalue weighted by Gasteiger charge is -2.23. The highest BCUT2D eigenvalue weighted by Crippen LogP contribution is 2.30. The summed E-state index contributed by atoms with van der Waals surface area (Å²) < 4.78 is 30.5. The molecule has 0 saturated carbocycles. The molecule has 2 heterocycles. The van der Waals surface area contributed by atoms with Crippen LogP contribution in [-0.2, 0) is 11.0 Å². The van der Waals surface area contributed by atoms with E-state index in [1.54, 1.807) is 22.8 Å². The normalized spacial score (nSPS) is 14.5. The van der Waals surface area contributed by atoms with Crippen molar-refractivity contribution in [3.8, 4) is 11.3 Å². The van der Waals surface area contributed by atoms with Gasteiger partial charge in [-0.3, -0.25) is 0 Å². The van der Waals surface area contributed by atoms with Crippen LogP contribution in [0.15, 0.2) is 36.7 Å². The van der Waals surface area contributed by atoms with Crippen molar-refractivity contribution in [3.63, 3.8) is 0 Å². The van der Waals surface area contributed by atoms with Crippen molar-refractivity contribution in [2.45, 2.75) is 38.5 Å². The lowest BCUT2D eigenvalue weighted by molar-refractivity contribution is 0.614. The molecule has 0 bridgehead atoms. The summed E-state index contributed by atoms with van der Waals surface area (Å²) in [5, 5.41) is 4.60. The van der Waals surface area contributed by atoms with E-state index >= 15 is 0 Å². The zero-order valence-corrected chi connectivity index (χ0v) is 16.5. The Morgan fingerprint density at radius 3 is 2.73 bits per heavy atom. The fourth-order valence-electron chi connectivity index (χ4n) is 2.48. The largest absolute Gasteiger partial charge is 0.242 e. The Hall–Kier alpha value is -1.83. The van der Waals surface area contributed by atoms with Gasteiger partial charge in [-0.15, -0.1) is 0 Å². The smallest absolute Gasteiger partial charge is 0.174 e. The van der Waals surface area contributed by atoms with Gasteiger partial charge in [0.05, 0.1) is 27.6 Å². The Labute approximate surface area is 159 Å². The highest BCUT2D eigenvalue weighted by Gasteiger charge is 2.24. The minimum Gasteiger partial charge on any atom is -0.242 e. The van der Waals surface area contributed by atoms with Gasteiger partial charge in [0.25, 0.3) is 0 Å². The Morgan fingerprint density at radius 2 is 2.08 bits per heavy atom. The minimum absolute atomic E-state index is 0.298. The second-order valence-corrected chi connectivity index (χ2v) is 9.44. The second-order valence-electron chi connectivity index (χ2n) is 7.04. The maximum absolute atomic E-state index is 13.7. The molecule has 0 fully saturated rings. The van der Waals surface area contributed by atoms with Crippen molar-refractivity contribution in [1.82, 2.24) is 19.3 Å². The number of halogens is 2. The number of rotatable bonds is 4. The molecule has 0 unspecified atom stereocenters. The first-order valence-electron chi connectivity index (χ1n) is 8.14. The van der Waals surface area contributed by atoms with Crippen molar-refractivity contribution in [2.24, 2.45) is 0 Å². The summed E-state index contributed by atoms with van der Waals surface area (Å²) in [6.45, 7) is 7.57. The van der Waals surface area contributed by atoms with E-state index in [0.29, 0.717) is 21.9 Å². The van der Waals surface area contributed by atoms with Gasteiger partial charge in [-0.25, -0.2) is 22.8 Å². The molecule has 3 rings (SSSR count). The van der Waals surface area contributed by atoms with Crippen LogP contribution >= 0.6 is 11.6 Å². The Balaban J connectivity index is 2.13. The molecule has 2 aromatic heterocycles. The summed E-state index contributed by atoms with van der Waals surface area (Å²) in [7, 11) is -1.27. The fourth-order valence-corrected chi connectivity index (χ4v) is 3.46. The van der Waals surface area contributed by atoms with E-state index in [1.807, 2.05) is 27.7 Å². The highest BCUT2D eigenvalue weighted by molar-refractivity contribution is 7.84. The highest BCUT2D eigenvalue weighted by atomic mass is 35.5. The van der Waals surface area contributed by atoms with Crippen molar-refractivity contribution >= 4 is 28.2 Å². The third kappa shape index (κ3) is 3.79. The monoisotopic (exact) mass is 394 g/mol. The van der Waals surface area contributed by atoms with Gasteiger partial charge >= 0.3 is 0 Å². The lowest BCUT2D eigenvalue weighted by atomic mass is 10.0. The van der Waals surface area contributed by atoms with Gasteiger partial charge in [0.15, 0.2) is 5.65 Å². The van der Waals surface area contributed by atoms with E-state index in [1.165, 1.54) is 18.3 Å². The summed E-state index contributed by atoms with van der Waals surface area (Å²) >= 11 is 6.16. The van der Waals surface area contributed by atoms with Crippen molar-refractivity contribution in [2.75, 3.05) is 0 Å². The van der Waals surface area contributed by atoms with Gasteiger partial charge in [-0.1, -0.05) is 23.7 Å². The zero-order chi connectivity index (χ0) is 19.1. The van der Waals surface area contributed by atoms with Crippen molar-refractivity contribution < 1.29 is 8.60 Å².